The van der Waals surface area contributed by atoms with Crippen LogP contribution in [0.3, 0.4) is 0 Å². The average Bonchev–Trinajstić information content (AvgIpc) is 2.52. The summed E-state index contributed by atoms with van der Waals surface area (Å²) in [6.45, 7) is 1.52. The quantitative estimate of drug-likeness (QED) is 0.868. The molecule has 110 valence electrons. The zero-order valence-electron chi connectivity index (χ0n) is 11.7. The van der Waals surface area contributed by atoms with Crippen LogP contribution in [0.5, 0.6) is 5.75 Å². The first-order valence-electron chi connectivity index (χ1n) is 6.86. The van der Waals surface area contributed by atoms with Crippen molar-refractivity contribution < 1.29 is 19.4 Å². The zero-order chi connectivity index (χ0) is 14.4. The van der Waals surface area contributed by atoms with Gasteiger partial charge >= 0.3 is 0 Å². The summed E-state index contributed by atoms with van der Waals surface area (Å²) in [6.07, 6.45) is 0.849. The lowest BCUT2D eigenvalue weighted by Gasteiger charge is -2.32. The Kier molecular flexibility index (Phi) is 5.38. The van der Waals surface area contributed by atoms with Gasteiger partial charge in [0.1, 0.15) is 5.75 Å². The maximum atomic E-state index is 12.2. The Morgan fingerprint density at radius 2 is 2.30 bits per heavy atom. The summed E-state index contributed by atoms with van der Waals surface area (Å²) >= 11 is 0. The molecule has 0 radical (unpaired) electrons. The predicted octanol–water partition coefficient (Wildman–Crippen LogP) is 0.847. The number of rotatable bonds is 5. The number of methoxy groups -OCH3 is 1. The number of ether oxygens (including phenoxy) is 2. The second-order valence-electron chi connectivity index (χ2n) is 4.83. The molecule has 1 aliphatic rings. The Morgan fingerprint density at radius 1 is 1.50 bits per heavy atom. The van der Waals surface area contributed by atoms with E-state index < -0.39 is 0 Å². The minimum Gasteiger partial charge on any atom is -0.496 e. The third-order valence-corrected chi connectivity index (χ3v) is 3.50. The Bertz CT molecular complexity index is 449. The fourth-order valence-electron chi connectivity index (χ4n) is 2.37. The molecule has 20 heavy (non-hydrogen) atoms. The lowest BCUT2D eigenvalue weighted by atomic mass is 10.1. The molecule has 0 bridgehead atoms. The van der Waals surface area contributed by atoms with E-state index in [4.69, 9.17) is 14.6 Å². The van der Waals surface area contributed by atoms with Gasteiger partial charge < -0.3 is 19.5 Å². The molecule has 1 aromatic carbocycles. The van der Waals surface area contributed by atoms with Gasteiger partial charge in [-0.15, -0.1) is 0 Å². The van der Waals surface area contributed by atoms with Crippen molar-refractivity contribution in [3.05, 3.63) is 29.8 Å². The highest BCUT2D eigenvalue weighted by Gasteiger charge is 2.23. The molecule has 5 nitrogen and oxygen atoms in total. The molecule has 1 heterocycles. The van der Waals surface area contributed by atoms with Crippen LogP contribution in [0.1, 0.15) is 12.0 Å². The molecule has 1 amide bonds. The van der Waals surface area contributed by atoms with E-state index in [0.29, 0.717) is 32.5 Å². The number of aryl methyl sites for hydroxylation is 1. The van der Waals surface area contributed by atoms with E-state index in [1.54, 1.807) is 12.0 Å². The first-order valence-corrected chi connectivity index (χ1v) is 6.86. The molecular formula is C15H21NO4. The van der Waals surface area contributed by atoms with Gasteiger partial charge in [0.05, 0.1) is 26.4 Å². The number of hydrogen-bond acceptors (Lipinski definition) is 4. The van der Waals surface area contributed by atoms with E-state index in [1.165, 1.54) is 0 Å². The molecule has 1 aromatic rings. The molecule has 0 saturated carbocycles. The van der Waals surface area contributed by atoms with Crippen LogP contribution in [-0.2, 0) is 16.0 Å². The average molecular weight is 279 g/mol. The highest BCUT2D eigenvalue weighted by Crippen LogP contribution is 2.19. The molecule has 0 spiro atoms. The number of carbonyl (C=O) groups excluding carboxylic acids is 1. The van der Waals surface area contributed by atoms with E-state index in [1.807, 2.05) is 24.3 Å². The Hall–Kier alpha value is -1.59. The van der Waals surface area contributed by atoms with Gasteiger partial charge in [0.15, 0.2) is 0 Å². The monoisotopic (exact) mass is 279 g/mol. The van der Waals surface area contributed by atoms with Crippen LogP contribution in [0.2, 0.25) is 0 Å². The van der Waals surface area contributed by atoms with Crippen LogP contribution in [0.25, 0.3) is 0 Å². The van der Waals surface area contributed by atoms with Crippen LogP contribution >= 0.6 is 0 Å². The fourth-order valence-corrected chi connectivity index (χ4v) is 2.37. The van der Waals surface area contributed by atoms with Gasteiger partial charge in [-0.1, -0.05) is 18.2 Å². The Balaban J connectivity index is 1.88. The maximum Gasteiger partial charge on any atom is 0.223 e. The molecular weight excluding hydrogens is 258 g/mol. The first-order chi connectivity index (χ1) is 9.74. The highest BCUT2D eigenvalue weighted by molar-refractivity contribution is 5.76. The molecule has 0 aliphatic carbocycles. The number of aliphatic hydroxyl groups excluding tert-OH is 1. The van der Waals surface area contributed by atoms with Crippen LogP contribution < -0.4 is 4.74 Å². The van der Waals surface area contributed by atoms with Gasteiger partial charge in [0.2, 0.25) is 5.91 Å². The van der Waals surface area contributed by atoms with Crippen molar-refractivity contribution in [2.75, 3.05) is 33.4 Å². The van der Waals surface area contributed by atoms with Crippen LogP contribution in [0.4, 0.5) is 0 Å². The lowest BCUT2D eigenvalue weighted by Crippen LogP contribution is -2.46. The van der Waals surface area contributed by atoms with E-state index in [9.17, 15) is 4.79 Å². The molecule has 1 N–H and O–H groups in total. The molecule has 1 unspecified atom stereocenters. The van der Waals surface area contributed by atoms with Crippen molar-refractivity contribution in [1.82, 2.24) is 4.90 Å². The summed E-state index contributed by atoms with van der Waals surface area (Å²) in [5.74, 6) is 0.910. The summed E-state index contributed by atoms with van der Waals surface area (Å²) in [4.78, 5) is 13.9. The van der Waals surface area contributed by atoms with Crippen molar-refractivity contribution in [3.8, 4) is 5.75 Å². The molecule has 1 aliphatic heterocycles. The second-order valence-corrected chi connectivity index (χ2v) is 4.83. The van der Waals surface area contributed by atoms with Gasteiger partial charge in [-0.25, -0.2) is 0 Å². The number of morpholine rings is 1. The van der Waals surface area contributed by atoms with Gasteiger partial charge in [-0.2, -0.15) is 0 Å². The predicted molar refractivity (Wildman–Crippen MR) is 74.7 cm³/mol. The van der Waals surface area contributed by atoms with E-state index >= 15 is 0 Å². The smallest absolute Gasteiger partial charge is 0.223 e. The molecule has 1 saturated heterocycles. The number of para-hydroxylation sites is 1. The van der Waals surface area contributed by atoms with Crippen molar-refractivity contribution in [2.24, 2.45) is 0 Å². The minimum absolute atomic E-state index is 0.0453. The topological polar surface area (TPSA) is 59.0 Å². The number of nitrogens with zero attached hydrogens (tertiary/aromatic N) is 1. The van der Waals surface area contributed by atoms with Crippen molar-refractivity contribution in [1.29, 1.82) is 0 Å². The SMILES string of the molecule is COc1ccccc1CCC(=O)N1CCOC(CO)C1. The standard InChI is InChI=1S/C15H21NO4/c1-19-14-5-3-2-4-12(14)6-7-15(18)16-8-9-20-13(10-16)11-17/h2-5,13,17H,6-11H2,1H3. The number of amides is 1. The number of hydrogen-bond donors (Lipinski definition) is 1. The van der Waals surface area contributed by atoms with E-state index in [2.05, 4.69) is 0 Å². The Morgan fingerprint density at radius 3 is 3.05 bits per heavy atom. The zero-order valence-corrected chi connectivity index (χ0v) is 11.7. The fraction of sp³-hybridized carbons (Fsp3) is 0.533. The van der Waals surface area contributed by atoms with Crippen molar-refractivity contribution in [3.63, 3.8) is 0 Å². The first kappa shape index (κ1) is 14.8. The Labute approximate surface area is 119 Å². The van der Waals surface area contributed by atoms with Gasteiger partial charge in [0.25, 0.3) is 0 Å². The molecule has 0 aromatic heterocycles. The van der Waals surface area contributed by atoms with Gasteiger partial charge in [-0.3, -0.25) is 4.79 Å². The minimum atomic E-state index is -0.251. The van der Waals surface area contributed by atoms with Crippen molar-refractivity contribution >= 4 is 5.91 Å². The van der Waals surface area contributed by atoms with E-state index in [-0.39, 0.29) is 18.6 Å². The number of benzene rings is 1. The molecule has 2 rings (SSSR count). The molecule has 5 heteroatoms. The van der Waals surface area contributed by atoms with Crippen LogP contribution in [0, 0.1) is 0 Å². The molecule has 1 atom stereocenters. The van der Waals surface area contributed by atoms with Gasteiger partial charge in [0, 0.05) is 19.5 Å². The lowest BCUT2D eigenvalue weighted by molar-refractivity contribution is -0.140. The number of aliphatic hydroxyl groups is 1. The summed E-state index contributed by atoms with van der Waals surface area (Å²) in [5.41, 5.74) is 1.04. The largest absolute Gasteiger partial charge is 0.496 e. The van der Waals surface area contributed by atoms with E-state index in [0.717, 1.165) is 11.3 Å². The second kappa shape index (κ2) is 7.26. The third kappa shape index (κ3) is 3.71. The summed E-state index contributed by atoms with van der Waals surface area (Å²) in [5, 5.41) is 9.09. The normalized spacial score (nSPS) is 18.9. The summed E-state index contributed by atoms with van der Waals surface area (Å²) in [6, 6.07) is 7.73. The summed E-state index contributed by atoms with van der Waals surface area (Å²) < 4.78 is 10.6. The van der Waals surface area contributed by atoms with Crippen LogP contribution in [0.15, 0.2) is 24.3 Å². The number of carbonyl (C=O) groups is 1. The van der Waals surface area contributed by atoms with Crippen LogP contribution in [-0.4, -0.2) is 55.4 Å². The highest BCUT2D eigenvalue weighted by atomic mass is 16.5. The van der Waals surface area contributed by atoms with Gasteiger partial charge in [-0.05, 0) is 18.1 Å². The summed E-state index contributed by atoms with van der Waals surface area (Å²) in [7, 11) is 1.63. The third-order valence-electron chi connectivity index (χ3n) is 3.50. The molecule has 1 fully saturated rings. The van der Waals surface area contributed by atoms with Crippen molar-refractivity contribution in [2.45, 2.75) is 18.9 Å². The maximum absolute atomic E-state index is 12.2.